The van der Waals surface area contributed by atoms with E-state index in [0.29, 0.717) is 19.2 Å². The first kappa shape index (κ1) is 14.9. The van der Waals surface area contributed by atoms with Gasteiger partial charge >= 0.3 is 0 Å². The molecular weight excluding hydrogens is 252 g/mol. The Labute approximate surface area is 120 Å². The highest BCUT2D eigenvalue weighted by Gasteiger charge is 2.24. The second kappa shape index (κ2) is 7.90. The number of hydrogen-bond donors (Lipinski definition) is 2. The molecule has 1 saturated heterocycles. The number of hydrogen-bond acceptors (Lipinski definition) is 3. The van der Waals surface area contributed by atoms with Gasteiger partial charge in [-0.25, -0.2) is 0 Å². The summed E-state index contributed by atoms with van der Waals surface area (Å²) in [6.07, 6.45) is 2.71. The third kappa shape index (κ3) is 4.85. The standard InChI is InChI=1S/C16H24N2O2/c1-13-12-14(8-10-17-13)16(19)18-9-5-11-20-15-6-3-2-4-7-15/h2-4,6-7,13-14,17H,5,8-12H2,1H3,(H,18,19). The molecule has 2 atom stereocenters. The zero-order valence-electron chi connectivity index (χ0n) is 12.1. The van der Waals surface area contributed by atoms with Crippen LogP contribution in [0.15, 0.2) is 30.3 Å². The second-order valence-corrected chi connectivity index (χ2v) is 5.38. The Morgan fingerprint density at radius 3 is 2.95 bits per heavy atom. The molecule has 0 saturated carbocycles. The molecule has 4 heteroatoms. The van der Waals surface area contributed by atoms with E-state index in [2.05, 4.69) is 17.6 Å². The Balaban J connectivity index is 1.57. The van der Waals surface area contributed by atoms with Crippen LogP contribution in [0.4, 0.5) is 0 Å². The molecule has 20 heavy (non-hydrogen) atoms. The summed E-state index contributed by atoms with van der Waals surface area (Å²) in [5, 5.41) is 6.37. The van der Waals surface area contributed by atoms with Crippen LogP contribution < -0.4 is 15.4 Å². The van der Waals surface area contributed by atoms with Gasteiger partial charge in [-0.2, -0.15) is 0 Å². The summed E-state index contributed by atoms with van der Waals surface area (Å²) < 4.78 is 5.59. The van der Waals surface area contributed by atoms with Crippen LogP contribution in [0.25, 0.3) is 0 Å². The third-order valence-corrected chi connectivity index (χ3v) is 3.63. The Kier molecular flexibility index (Phi) is 5.87. The fourth-order valence-electron chi connectivity index (χ4n) is 2.50. The molecule has 2 rings (SSSR count). The maximum Gasteiger partial charge on any atom is 0.223 e. The maximum atomic E-state index is 12.0. The van der Waals surface area contributed by atoms with E-state index in [9.17, 15) is 4.79 Å². The van der Waals surface area contributed by atoms with Crippen LogP contribution in [0, 0.1) is 5.92 Å². The van der Waals surface area contributed by atoms with Crippen molar-refractivity contribution in [3.8, 4) is 5.75 Å². The zero-order chi connectivity index (χ0) is 14.2. The van der Waals surface area contributed by atoms with Crippen molar-refractivity contribution < 1.29 is 9.53 Å². The van der Waals surface area contributed by atoms with Crippen molar-refractivity contribution in [2.24, 2.45) is 5.92 Å². The van der Waals surface area contributed by atoms with Gasteiger partial charge in [0.05, 0.1) is 6.61 Å². The summed E-state index contributed by atoms with van der Waals surface area (Å²) in [5.74, 6) is 1.24. The van der Waals surface area contributed by atoms with E-state index in [1.54, 1.807) is 0 Å². The lowest BCUT2D eigenvalue weighted by atomic mass is 9.92. The average Bonchev–Trinajstić information content (AvgIpc) is 2.48. The molecule has 2 N–H and O–H groups in total. The van der Waals surface area contributed by atoms with E-state index in [-0.39, 0.29) is 11.8 Å². The minimum Gasteiger partial charge on any atom is -0.494 e. The van der Waals surface area contributed by atoms with Gasteiger partial charge in [0, 0.05) is 18.5 Å². The number of carbonyl (C=O) groups excluding carboxylic acids is 1. The Morgan fingerprint density at radius 2 is 2.20 bits per heavy atom. The maximum absolute atomic E-state index is 12.0. The van der Waals surface area contributed by atoms with Crippen LogP contribution in [0.2, 0.25) is 0 Å². The molecule has 110 valence electrons. The van der Waals surface area contributed by atoms with Crippen LogP contribution in [0.3, 0.4) is 0 Å². The van der Waals surface area contributed by atoms with Crippen molar-refractivity contribution in [2.45, 2.75) is 32.2 Å². The molecule has 0 aromatic heterocycles. The molecule has 1 aliphatic rings. The summed E-state index contributed by atoms with van der Waals surface area (Å²) in [7, 11) is 0. The summed E-state index contributed by atoms with van der Waals surface area (Å²) in [6, 6.07) is 10.2. The van der Waals surface area contributed by atoms with E-state index in [1.165, 1.54) is 0 Å². The molecule has 1 amide bonds. The highest BCUT2D eigenvalue weighted by atomic mass is 16.5. The normalized spacial score (nSPS) is 22.2. The van der Waals surface area contributed by atoms with Crippen LogP contribution in [-0.4, -0.2) is 31.6 Å². The topological polar surface area (TPSA) is 50.4 Å². The fraction of sp³-hybridized carbons (Fsp3) is 0.562. The van der Waals surface area contributed by atoms with Crippen LogP contribution in [-0.2, 0) is 4.79 Å². The third-order valence-electron chi connectivity index (χ3n) is 3.63. The lowest BCUT2D eigenvalue weighted by Gasteiger charge is -2.27. The number of para-hydroxylation sites is 1. The van der Waals surface area contributed by atoms with Crippen LogP contribution >= 0.6 is 0 Å². The fourth-order valence-corrected chi connectivity index (χ4v) is 2.50. The molecule has 4 nitrogen and oxygen atoms in total. The number of benzene rings is 1. The zero-order valence-corrected chi connectivity index (χ0v) is 12.1. The number of nitrogens with one attached hydrogen (secondary N) is 2. The Morgan fingerprint density at radius 1 is 1.40 bits per heavy atom. The number of amides is 1. The molecule has 2 unspecified atom stereocenters. The number of piperidine rings is 1. The Hall–Kier alpha value is -1.55. The van der Waals surface area contributed by atoms with E-state index >= 15 is 0 Å². The first-order chi connectivity index (χ1) is 9.75. The highest BCUT2D eigenvalue weighted by molar-refractivity contribution is 5.78. The molecule has 0 bridgehead atoms. The lowest BCUT2D eigenvalue weighted by Crippen LogP contribution is -2.42. The molecular formula is C16H24N2O2. The number of carbonyl (C=O) groups is 1. The minimum absolute atomic E-state index is 0.168. The predicted octanol–water partition coefficient (Wildman–Crippen LogP) is 1.96. The lowest BCUT2D eigenvalue weighted by molar-refractivity contribution is -0.126. The van der Waals surface area contributed by atoms with Crippen molar-refractivity contribution in [1.82, 2.24) is 10.6 Å². The number of ether oxygens (including phenoxy) is 1. The molecule has 1 aliphatic heterocycles. The molecule has 0 spiro atoms. The van der Waals surface area contributed by atoms with Gasteiger partial charge in [-0.15, -0.1) is 0 Å². The quantitative estimate of drug-likeness (QED) is 0.781. The first-order valence-electron chi connectivity index (χ1n) is 7.44. The van der Waals surface area contributed by atoms with Gasteiger partial charge in [0.15, 0.2) is 0 Å². The highest BCUT2D eigenvalue weighted by Crippen LogP contribution is 2.15. The van der Waals surface area contributed by atoms with Gasteiger partial charge in [0.25, 0.3) is 0 Å². The van der Waals surface area contributed by atoms with Gasteiger partial charge < -0.3 is 15.4 Å². The SMILES string of the molecule is CC1CC(C(=O)NCCCOc2ccccc2)CCN1. The first-order valence-corrected chi connectivity index (χ1v) is 7.44. The predicted molar refractivity (Wildman–Crippen MR) is 79.8 cm³/mol. The van der Waals surface area contributed by atoms with Gasteiger partial charge in [0.1, 0.15) is 5.75 Å². The van der Waals surface area contributed by atoms with E-state index in [4.69, 9.17) is 4.74 Å². The second-order valence-electron chi connectivity index (χ2n) is 5.38. The summed E-state index contributed by atoms with van der Waals surface area (Å²) >= 11 is 0. The van der Waals surface area contributed by atoms with Crippen LogP contribution in [0.5, 0.6) is 5.75 Å². The largest absolute Gasteiger partial charge is 0.494 e. The van der Waals surface area contributed by atoms with Gasteiger partial charge in [-0.3, -0.25) is 4.79 Å². The minimum atomic E-state index is 0.168. The molecule has 0 aliphatic carbocycles. The monoisotopic (exact) mass is 276 g/mol. The van der Waals surface area contributed by atoms with Crippen molar-refractivity contribution in [1.29, 1.82) is 0 Å². The Bertz CT molecular complexity index is 408. The molecule has 1 heterocycles. The van der Waals surface area contributed by atoms with Crippen LogP contribution in [0.1, 0.15) is 26.2 Å². The number of rotatable bonds is 6. The van der Waals surface area contributed by atoms with Crippen molar-refractivity contribution >= 4 is 5.91 Å². The van der Waals surface area contributed by atoms with E-state index < -0.39 is 0 Å². The molecule has 1 aromatic rings. The van der Waals surface area contributed by atoms with E-state index in [1.807, 2.05) is 30.3 Å². The smallest absolute Gasteiger partial charge is 0.223 e. The summed E-state index contributed by atoms with van der Waals surface area (Å²) in [4.78, 5) is 12.0. The molecule has 0 radical (unpaired) electrons. The summed E-state index contributed by atoms with van der Waals surface area (Å²) in [6.45, 7) is 4.39. The van der Waals surface area contributed by atoms with Crippen molar-refractivity contribution in [2.75, 3.05) is 19.7 Å². The average molecular weight is 276 g/mol. The van der Waals surface area contributed by atoms with Gasteiger partial charge in [0.2, 0.25) is 5.91 Å². The van der Waals surface area contributed by atoms with E-state index in [0.717, 1.165) is 31.6 Å². The molecule has 1 fully saturated rings. The van der Waals surface area contributed by atoms with Gasteiger partial charge in [-0.1, -0.05) is 18.2 Å². The van der Waals surface area contributed by atoms with Gasteiger partial charge in [-0.05, 0) is 44.9 Å². The molecule has 1 aromatic carbocycles. The van der Waals surface area contributed by atoms with Crippen molar-refractivity contribution in [3.63, 3.8) is 0 Å². The summed E-state index contributed by atoms with van der Waals surface area (Å²) in [5.41, 5.74) is 0. The van der Waals surface area contributed by atoms with Crippen molar-refractivity contribution in [3.05, 3.63) is 30.3 Å².